The maximum atomic E-state index is 13.3. The van der Waals surface area contributed by atoms with Crippen LogP contribution in [0.4, 0.5) is 5.69 Å². The molecule has 1 amide bonds. The number of pyridine rings is 1. The molecule has 0 bridgehead atoms. The molecule has 0 aliphatic heterocycles. The van der Waals surface area contributed by atoms with Gasteiger partial charge in [0.1, 0.15) is 0 Å². The molecule has 2 N–H and O–H groups in total. The predicted molar refractivity (Wildman–Crippen MR) is 122 cm³/mol. The number of hydrogen-bond acceptors (Lipinski definition) is 2. The van der Waals surface area contributed by atoms with Crippen LogP contribution < -0.4 is 10.9 Å². The quantitative estimate of drug-likeness (QED) is 0.473. The molecule has 0 saturated carbocycles. The summed E-state index contributed by atoms with van der Waals surface area (Å²) < 4.78 is 0. The van der Waals surface area contributed by atoms with Crippen molar-refractivity contribution in [2.45, 2.75) is 25.7 Å². The third kappa shape index (κ3) is 4.03. The topological polar surface area (TPSA) is 62.0 Å². The summed E-state index contributed by atoms with van der Waals surface area (Å²) in [6, 6.07) is 26.8. The maximum Gasteiger partial charge on any atom is 0.248 e. The van der Waals surface area contributed by atoms with Crippen molar-refractivity contribution in [3.8, 4) is 0 Å². The van der Waals surface area contributed by atoms with Crippen LogP contribution in [0.3, 0.4) is 0 Å². The van der Waals surface area contributed by atoms with Crippen molar-refractivity contribution in [3.63, 3.8) is 0 Å². The van der Waals surface area contributed by atoms with Gasteiger partial charge in [-0.3, -0.25) is 9.59 Å². The lowest BCUT2D eigenvalue weighted by molar-refractivity contribution is -0.116. The number of carbonyl (C=O) groups excluding carboxylic acids is 1. The summed E-state index contributed by atoms with van der Waals surface area (Å²) in [5.41, 5.74) is 4.09. The average Bonchev–Trinajstić information content (AvgIpc) is 2.74. The smallest absolute Gasteiger partial charge is 0.248 e. The molecule has 0 unspecified atom stereocenters. The van der Waals surface area contributed by atoms with Crippen LogP contribution in [-0.4, -0.2) is 10.9 Å². The number of anilines is 1. The Morgan fingerprint density at radius 2 is 1.43 bits per heavy atom. The molecular weight excluding hydrogens is 372 g/mol. The fourth-order valence-corrected chi connectivity index (χ4v) is 3.84. The molecule has 0 aliphatic carbocycles. The number of carbonyl (C=O) groups is 1. The lowest BCUT2D eigenvalue weighted by atomic mass is 9.90. The molecule has 4 heteroatoms. The molecule has 0 atom stereocenters. The molecule has 30 heavy (non-hydrogen) atoms. The summed E-state index contributed by atoms with van der Waals surface area (Å²) in [5, 5.41) is 4.03. The molecule has 1 heterocycles. The molecule has 4 aromatic rings. The van der Waals surface area contributed by atoms with Gasteiger partial charge in [0.2, 0.25) is 11.5 Å². The highest BCUT2D eigenvalue weighted by Gasteiger charge is 2.22. The van der Waals surface area contributed by atoms with Crippen molar-refractivity contribution < 1.29 is 4.79 Å². The van der Waals surface area contributed by atoms with E-state index in [1.807, 2.05) is 78.9 Å². The first kappa shape index (κ1) is 19.6. The van der Waals surface area contributed by atoms with Crippen LogP contribution >= 0.6 is 0 Å². The van der Waals surface area contributed by atoms with Crippen LogP contribution in [0.5, 0.6) is 0 Å². The van der Waals surface area contributed by atoms with E-state index in [1.165, 1.54) is 0 Å². The number of aromatic amines is 1. The van der Waals surface area contributed by atoms with E-state index in [0.717, 1.165) is 27.6 Å². The number of H-pyrrole nitrogens is 1. The van der Waals surface area contributed by atoms with Crippen molar-refractivity contribution in [2.75, 3.05) is 5.32 Å². The van der Waals surface area contributed by atoms with E-state index in [4.69, 9.17) is 0 Å². The fraction of sp³-hybridized carbons (Fsp3) is 0.154. The van der Waals surface area contributed by atoms with Crippen LogP contribution in [0.2, 0.25) is 0 Å². The number of fused-ring (bicyclic) bond motifs is 1. The number of amides is 1. The molecule has 1 aromatic heterocycles. The first-order valence-corrected chi connectivity index (χ1v) is 10.1. The van der Waals surface area contributed by atoms with E-state index in [0.29, 0.717) is 5.69 Å². The Hall–Kier alpha value is -3.66. The van der Waals surface area contributed by atoms with Crippen molar-refractivity contribution in [2.24, 2.45) is 0 Å². The summed E-state index contributed by atoms with van der Waals surface area (Å²) in [7, 11) is 0. The lowest BCUT2D eigenvalue weighted by Gasteiger charge is -2.18. The Morgan fingerprint density at radius 3 is 2.00 bits per heavy atom. The minimum absolute atomic E-state index is 0.117. The van der Waals surface area contributed by atoms with Gasteiger partial charge >= 0.3 is 0 Å². The van der Waals surface area contributed by atoms with Crippen LogP contribution in [0.15, 0.2) is 89.7 Å². The van der Waals surface area contributed by atoms with Gasteiger partial charge in [0.25, 0.3) is 0 Å². The Labute approximate surface area is 175 Å². The van der Waals surface area contributed by atoms with E-state index in [9.17, 15) is 9.59 Å². The predicted octanol–water partition coefficient (Wildman–Crippen LogP) is 5.42. The van der Waals surface area contributed by atoms with Gasteiger partial charge < -0.3 is 10.3 Å². The first-order chi connectivity index (χ1) is 14.5. The number of hydrogen-bond donors (Lipinski definition) is 2. The van der Waals surface area contributed by atoms with Crippen molar-refractivity contribution in [3.05, 3.63) is 112 Å². The minimum Gasteiger partial charge on any atom is -0.325 e. The molecule has 0 fully saturated rings. The standard InChI is InChI=1S/C26H24N2O2/c1-17(2)22-16-24(29)28-23-15-20(13-14-21(22)23)27-26(30)25(18-9-5-3-6-10-18)19-11-7-4-8-12-19/h3-17,25H,1-2H3,(H,27,30)(H,28,29). The maximum absolute atomic E-state index is 13.3. The number of nitrogens with one attached hydrogen (secondary N) is 2. The lowest BCUT2D eigenvalue weighted by Crippen LogP contribution is -2.22. The van der Waals surface area contributed by atoms with Crippen LogP contribution in [0, 0.1) is 0 Å². The second kappa shape index (κ2) is 8.37. The van der Waals surface area contributed by atoms with Gasteiger partial charge in [0, 0.05) is 17.1 Å². The third-order valence-corrected chi connectivity index (χ3v) is 5.29. The van der Waals surface area contributed by atoms with Gasteiger partial charge in [0.05, 0.1) is 11.4 Å². The summed E-state index contributed by atoms with van der Waals surface area (Å²) in [6.45, 7) is 4.13. The highest BCUT2D eigenvalue weighted by Crippen LogP contribution is 2.28. The third-order valence-electron chi connectivity index (χ3n) is 5.29. The van der Waals surface area contributed by atoms with Gasteiger partial charge in [-0.2, -0.15) is 0 Å². The van der Waals surface area contributed by atoms with E-state index >= 15 is 0 Å². The molecule has 4 nitrogen and oxygen atoms in total. The largest absolute Gasteiger partial charge is 0.325 e. The zero-order valence-electron chi connectivity index (χ0n) is 17.1. The summed E-state index contributed by atoms with van der Waals surface area (Å²) in [5.74, 6) is -0.311. The first-order valence-electron chi connectivity index (χ1n) is 10.1. The van der Waals surface area contributed by atoms with Crippen molar-refractivity contribution in [1.82, 2.24) is 4.98 Å². The molecule has 150 valence electrons. The molecule has 0 spiro atoms. The van der Waals surface area contributed by atoms with E-state index in [-0.39, 0.29) is 17.4 Å². The van der Waals surface area contributed by atoms with Crippen molar-refractivity contribution >= 4 is 22.5 Å². The Bertz CT molecular complexity index is 1190. The number of rotatable bonds is 5. The van der Waals surface area contributed by atoms with Crippen molar-refractivity contribution in [1.29, 1.82) is 0 Å². The van der Waals surface area contributed by atoms with Gasteiger partial charge in [-0.15, -0.1) is 0 Å². The normalized spacial score (nSPS) is 11.2. The Balaban J connectivity index is 1.71. The van der Waals surface area contributed by atoms with Gasteiger partial charge in [0.15, 0.2) is 0 Å². The van der Waals surface area contributed by atoms with Gasteiger partial charge in [-0.25, -0.2) is 0 Å². The van der Waals surface area contributed by atoms with Gasteiger partial charge in [-0.05, 0) is 34.7 Å². The SMILES string of the molecule is CC(C)c1cc(=O)[nH]c2cc(NC(=O)C(c3ccccc3)c3ccccc3)ccc12. The highest BCUT2D eigenvalue weighted by molar-refractivity contribution is 5.99. The summed E-state index contributed by atoms with van der Waals surface area (Å²) >= 11 is 0. The summed E-state index contributed by atoms with van der Waals surface area (Å²) in [6.07, 6.45) is 0. The monoisotopic (exact) mass is 396 g/mol. The van der Waals surface area contributed by atoms with Crippen LogP contribution in [-0.2, 0) is 4.79 Å². The second-order valence-corrected chi connectivity index (χ2v) is 7.75. The Kier molecular flexibility index (Phi) is 5.48. The van der Waals surface area contributed by atoms with E-state index in [2.05, 4.69) is 24.1 Å². The minimum atomic E-state index is -0.427. The van der Waals surface area contributed by atoms with Crippen LogP contribution in [0.25, 0.3) is 10.9 Å². The molecule has 4 rings (SSSR count). The average molecular weight is 396 g/mol. The fourth-order valence-electron chi connectivity index (χ4n) is 3.84. The molecule has 0 aliphatic rings. The van der Waals surface area contributed by atoms with Gasteiger partial charge in [-0.1, -0.05) is 80.6 Å². The molecule has 0 radical (unpaired) electrons. The number of aromatic nitrogens is 1. The number of benzene rings is 3. The molecule has 3 aromatic carbocycles. The molecular formula is C26H24N2O2. The highest BCUT2D eigenvalue weighted by atomic mass is 16.2. The zero-order valence-corrected chi connectivity index (χ0v) is 17.1. The Morgan fingerprint density at radius 1 is 0.833 bits per heavy atom. The van der Waals surface area contributed by atoms with E-state index in [1.54, 1.807) is 6.07 Å². The zero-order chi connectivity index (χ0) is 21.1. The summed E-state index contributed by atoms with van der Waals surface area (Å²) in [4.78, 5) is 28.3. The molecule has 0 saturated heterocycles. The van der Waals surface area contributed by atoms with E-state index < -0.39 is 5.92 Å². The van der Waals surface area contributed by atoms with Crippen LogP contribution in [0.1, 0.15) is 42.4 Å². The second-order valence-electron chi connectivity index (χ2n) is 7.75.